The number of rotatable bonds is 18. The summed E-state index contributed by atoms with van der Waals surface area (Å²) in [6.45, 7) is 8.31. The van der Waals surface area contributed by atoms with Crippen molar-refractivity contribution >= 4 is 63.6 Å². The minimum absolute atomic E-state index is 0.0180. The van der Waals surface area contributed by atoms with Crippen LogP contribution in [0.1, 0.15) is 92.1 Å². The summed E-state index contributed by atoms with van der Waals surface area (Å²) in [5.74, 6) is -10.9. The molecule has 394 valence electrons. The Kier molecular flexibility index (Phi) is 24.6. The van der Waals surface area contributed by atoms with E-state index in [1.165, 1.54) is 12.1 Å². The number of unbranched alkanes of at least 4 members (excludes halogenated alkanes) is 1. The summed E-state index contributed by atoms with van der Waals surface area (Å²) in [7, 11) is -4.94. The van der Waals surface area contributed by atoms with E-state index in [0.717, 1.165) is 26.0 Å². The van der Waals surface area contributed by atoms with E-state index in [-0.39, 0.29) is 55.4 Å². The van der Waals surface area contributed by atoms with Crippen LogP contribution < -0.4 is 52.5 Å². The average Bonchev–Trinajstić information content (AvgIpc) is 3.25. The number of nitrogens with two attached hydrogens (primary N) is 1. The summed E-state index contributed by atoms with van der Waals surface area (Å²) < 4.78 is 36.0. The molecule has 8 amide bonds. The number of amides is 8. The van der Waals surface area contributed by atoms with E-state index in [1.54, 1.807) is 27.7 Å². The number of carbonyl (C=O) groups is 9. The van der Waals surface area contributed by atoms with Gasteiger partial charge in [0.25, 0.3) is 0 Å². The number of carbonyl (C=O) groups excluding carboxylic acids is 8. The Morgan fingerprint density at radius 3 is 1.40 bits per heavy atom. The van der Waals surface area contributed by atoms with E-state index in [0.29, 0.717) is 6.42 Å². The van der Waals surface area contributed by atoms with Crippen LogP contribution in [0.2, 0.25) is 0 Å². The van der Waals surface area contributed by atoms with E-state index < -0.39 is 150 Å². The number of hydrogen-bond acceptors (Lipinski definition) is 16. The molecule has 0 radical (unpaired) electrons. The molecule has 1 heterocycles. The summed E-state index contributed by atoms with van der Waals surface area (Å²) in [5, 5.41) is 60.5. The first-order valence-corrected chi connectivity index (χ1v) is 24.1. The molecule has 2 rings (SSSR count). The van der Waals surface area contributed by atoms with Crippen LogP contribution in [-0.2, 0) is 60.0 Å². The van der Waals surface area contributed by atoms with Gasteiger partial charge in [0.1, 0.15) is 54.1 Å². The lowest BCUT2D eigenvalue weighted by Crippen LogP contribution is -2.63. The summed E-state index contributed by atoms with van der Waals surface area (Å²) in [6, 6.07) is -8.62. The molecule has 1 aromatic rings. The predicted octanol–water partition coefficient (Wildman–Crippen LogP) is -3.86. The molecule has 0 aliphatic carbocycles. The normalized spacial score (nSPS) is 25.2. The zero-order valence-corrected chi connectivity index (χ0v) is 40.7. The van der Waals surface area contributed by atoms with Gasteiger partial charge in [0.15, 0.2) is 0 Å². The van der Waals surface area contributed by atoms with Crippen molar-refractivity contribution in [2.75, 3.05) is 13.2 Å². The third-order valence-corrected chi connectivity index (χ3v) is 11.1. The number of carboxylic acid groups (broad SMARTS) is 1. The van der Waals surface area contributed by atoms with E-state index in [2.05, 4.69) is 46.7 Å². The molecule has 10 atom stereocenters. The Balaban J connectivity index is 2.83. The van der Waals surface area contributed by atoms with Crippen molar-refractivity contribution in [2.45, 2.75) is 153 Å². The molecule has 0 bridgehead atoms. The maximum Gasteiger partial charge on any atom is 0.446 e. The highest BCUT2D eigenvalue weighted by Crippen LogP contribution is 2.17. The molecule has 1 aromatic carbocycles. The predicted molar refractivity (Wildman–Crippen MR) is 247 cm³/mol. The van der Waals surface area contributed by atoms with Crippen molar-refractivity contribution in [3.05, 3.63) is 29.8 Å². The third kappa shape index (κ3) is 20.9. The van der Waals surface area contributed by atoms with Crippen LogP contribution in [-0.4, -0.2) is 160 Å². The maximum atomic E-state index is 14.2. The standard InChI is InChI=1S/C43H69N9O17S/c1-21(2)17-29-38(60)48-30(18-22(3)4)39(61)50-32(20-53)41(63)45-28(14-15-33(56)57)37(59)51-35(24(6)55)43(65)49-31(19-25-10-12-26(13-11-25)69-70(66,67)68)40(62)52-34(23(5)54)42(64)46-27(36(58)47-29)9-7-8-16-44/h10-13,21-24,27-32,34-35,53-55H,7-9,14-20,44H2,1-6H3,(H,45,63)(H,46,64)(H,47,58)(H,48,60)(H,49,65)(H,50,61)(H,51,59)(H,52,62)(H,56,57)(H,66,67,68)/t23?,24?,27-,28-,29+,30-,31-,32-,34-,35-/m0/s1. The van der Waals surface area contributed by atoms with Crippen LogP contribution in [0.4, 0.5) is 0 Å². The number of benzene rings is 1. The van der Waals surface area contributed by atoms with Gasteiger partial charge in [0.05, 0.1) is 18.8 Å². The van der Waals surface area contributed by atoms with Crippen molar-refractivity contribution in [3.63, 3.8) is 0 Å². The fourth-order valence-electron chi connectivity index (χ4n) is 7.08. The third-order valence-electron chi connectivity index (χ3n) is 10.7. The van der Waals surface area contributed by atoms with Crippen molar-refractivity contribution in [3.8, 4) is 5.75 Å². The van der Waals surface area contributed by atoms with Gasteiger partial charge in [0.2, 0.25) is 47.3 Å². The fraction of sp³-hybridized carbons (Fsp3) is 0.651. The fourth-order valence-corrected chi connectivity index (χ4v) is 7.43. The molecular formula is C43H69N9O17S. The second kappa shape index (κ2) is 28.6. The van der Waals surface area contributed by atoms with Crippen molar-refractivity contribution in [1.29, 1.82) is 0 Å². The summed E-state index contributed by atoms with van der Waals surface area (Å²) in [5.41, 5.74) is 5.88. The molecule has 15 N–H and O–H groups in total. The molecule has 0 spiro atoms. The number of carboxylic acids is 1. The SMILES string of the molecule is CC(C)C[C@@H]1NC(=O)[C@@H](CC(C)C)NC(=O)[C@H](CCCCN)NC(=O)[C@H](C(C)O)NC(=O)[C@H](Cc2ccc(OS(=O)(=O)O)cc2)NC(=O)[C@H](C(C)O)NC(=O)[C@H](CCC(=O)O)NC(=O)[C@H](CO)NC1=O. The Hall–Kier alpha value is -6.00. The lowest BCUT2D eigenvalue weighted by atomic mass is 9.99. The van der Waals surface area contributed by atoms with Gasteiger partial charge in [-0.25, -0.2) is 0 Å². The van der Waals surface area contributed by atoms with Gasteiger partial charge in [-0.2, -0.15) is 8.42 Å². The molecule has 2 unspecified atom stereocenters. The molecule has 70 heavy (non-hydrogen) atoms. The minimum atomic E-state index is -4.94. The highest BCUT2D eigenvalue weighted by Gasteiger charge is 2.38. The first-order chi connectivity index (χ1) is 32.6. The maximum absolute atomic E-state index is 14.2. The van der Waals surface area contributed by atoms with Crippen LogP contribution >= 0.6 is 0 Å². The summed E-state index contributed by atoms with van der Waals surface area (Å²) in [4.78, 5) is 123. The Bertz CT molecular complexity index is 2090. The number of nitrogens with one attached hydrogen (secondary N) is 8. The number of aliphatic carboxylic acids is 1. The van der Waals surface area contributed by atoms with Gasteiger partial charge in [-0.1, -0.05) is 39.8 Å². The summed E-state index contributed by atoms with van der Waals surface area (Å²) >= 11 is 0. The van der Waals surface area contributed by atoms with Gasteiger partial charge in [-0.05, 0) is 88.4 Å². The average molecular weight is 1020 g/mol. The van der Waals surface area contributed by atoms with Gasteiger partial charge >= 0.3 is 16.4 Å². The molecule has 1 aliphatic heterocycles. The largest absolute Gasteiger partial charge is 0.481 e. The zero-order valence-electron chi connectivity index (χ0n) is 39.9. The smallest absolute Gasteiger partial charge is 0.446 e. The highest BCUT2D eigenvalue weighted by molar-refractivity contribution is 7.81. The van der Waals surface area contributed by atoms with Crippen molar-refractivity contribution in [1.82, 2.24) is 42.5 Å². The van der Waals surface area contributed by atoms with E-state index in [9.17, 15) is 72.0 Å². The van der Waals surface area contributed by atoms with Crippen LogP contribution in [0.25, 0.3) is 0 Å². The first kappa shape index (κ1) is 60.1. The van der Waals surface area contributed by atoms with Crippen LogP contribution in [0, 0.1) is 11.8 Å². The van der Waals surface area contributed by atoms with E-state index in [4.69, 9.17) is 10.3 Å². The second-order valence-corrected chi connectivity index (χ2v) is 18.9. The van der Waals surface area contributed by atoms with Crippen LogP contribution in [0.3, 0.4) is 0 Å². The van der Waals surface area contributed by atoms with Crippen LogP contribution in [0.15, 0.2) is 24.3 Å². The van der Waals surface area contributed by atoms with E-state index >= 15 is 0 Å². The molecule has 26 nitrogen and oxygen atoms in total. The number of aliphatic hydroxyl groups excluding tert-OH is 3. The monoisotopic (exact) mass is 1020 g/mol. The van der Waals surface area contributed by atoms with Gasteiger partial charge < -0.3 is 72.9 Å². The van der Waals surface area contributed by atoms with Gasteiger partial charge in [0, 0.05) is 12.8 Å². The first-order valence-electron chi connectivity index (χ1n) is 22.7. The molecule has 1 aliphatic rings. The molecule has 1 fully saturated rings. The second-order valence-electron chi connectivity index (χ2n) is 17.8. The molecule has 0 aromatic heterocycles. The molecule has 1 saturated heterocycles. The summed E-state index contributed by atoms with van der Waals surface area (Å²) in [6.07, 6.45) is -4.66. The Morgan fingerprint density at radius 1 is 0.586 bits per heavy atom. The number of aliphatic hydroxyl groups is 3. The lowest BCUT2D eigenvalue weighted by molar-refractivity contribution is -0.139. The minimum Gasteiger partial charge on any atom is -0.481 e. The van der Waals surface area contributed by atoms with Crippen LogP contribution in [0.5, 0.6) is 5.75 Å². The Labute approximate surface area is 405 Å². The molecule has 0 saturated carbocycles. The van der Waals surface area contributed by atoms with Crippen molar-refractivity contribution < 1.29 is 80.7 Å². The molecular weight excluding hydrogens is 947 g/mol. The lowest BCUT2D eigenvalue weighted by Gasteiger charge is -2.30. The van der Waals surface area contributed by atoms with Gasteiger partial charge in [-0.15, -0.1) is 0 Å². The topological polar surface area (TPSA) is 420 Å². The van der Waals surface area contributed by atoms with Crippen molar-refractivity contribution in [2.24, 2.45) is 17.6 Å². The van der Waals surface area contributed by atoms with Gasteiger partial charge in [-0.3, -0.25) is 47.7 Å². The van der Waals surface area contributed by atoms with E-state index in [1.807, 2.05) is 0 Å². The zero-order chi connectivity index (χ0) is 53.0. The molecule has 27 heteroatoms. The Morgan fingerprint density at radius 2 is 0.971 bits per heavy atom. The number of hydrogen-bond donors (Lipinski definition) is 14. The quantitative estimate of drug-likeness (QED) is 0.0494. The highest BCUT2D eigenvalue weighted by atomic mass is 32.3.